The second-order valence-corrected chi connectivity index (χ2v) is 8.86. The highest BCUT2D eigenvalue weighted by Gasteiger charge is 2.26. The van der Waals surface area contributed by atoms with Crippen molar-refractivity contribution in [1.82, 2.24) is 14.9 Å². The first-order chi connectivity index (χ1) is 16.7. The van der Waals surface area contributed by atoms with Crippen LogP contribution in [0.25, 0.3) is 0 Å². The molecule has 0 saturated carbocycles. The van der Waals surface area contributed by atoms with Gasteiger partial charge in [-0.1, -0.05) is 24.3 Å². The Bertz CT molecular complexity index is 1120. The van der Waals surface area contributed by atoms with Crippen molar-refractivity contribution in [1.29, 1.82) is 0 Å². The van der Waals surface area contributed by atoms with Crippen molar-refractivity contribution in [3.05, 3.63) is 65.4 Å². The summed E-state index contributed by atoms with van der Waals surface area (Å²) >= 11 is 0. The monoisotopic (exact) mass is 460 g/mol. The van der Waals surface area contributed by atoms with Crippen LogP contribution in [0, 0.1) is 0 Å². The molecular formula is C27H32N4O3. The number of ether oxygens (including phenoxy) is 3. The number of rotatable bonds is 7. The minimum Gasteiger partial charge on any atom is -0.497 e. The molecule has 2 aliphatic rings. The van der Waals surface area contributed by atoms with Crippen molar-refractivity contribution >= 4 is 5.95 Å². The van der Waals surface area contributed by atoms with Crippen LogP contribution in [0.15, 0.2) is 48.5 Å². The molecule has 5 rings (SSSR count). The van der Waals surface area contributed by atoms with Gasteiger partial charge in [-0.25, -0.2) is 4.98 Å². The topological polar surface area (TPSA) is 60.0 Å². The Morgan fingerprint density at radius 3 is 2.44 bits per heavy atom. The van der Waals surface area contributed by atoms with E-state index >= 15 is 0 Å². The maximum atomic E-state index is 6.34. The molecule has 34 heavy (non-hydrogen) atoms. The van der Waals surface area contributed by atoms with Gasteiger partial charge in [-0.2, -0.15) is 4.98 Å². The number of piperidine rings is 1. The zero-order valence-electron chi connectivity index (χ0n) is 20.0. The average Bonchev–Trinajstić information content (AvgIpc) is 2.90. The molecule has 7 nitrogen and oxygen atoms in total. The Kier molecular flexibility index (Phi) is 6.81. The Morgan fingerprint density at radius 2 is 1.68 bits per heavy atom. The van der Waals surface area contributed by atoms with Crippen molar-refractivity contribution in [2.45, 2.75) is 38.8 Å². The van der Waals surface area contributed by atoms with Gasteiger partial charge in [-0.3, -0.25) is 4.90 Å². The molecule has 2 aliphatic heterocycles. The highest BCUT2D eigenvalue weighted by atomic mass is 16.5. The number of nitrogens with zero attached hydrogens (tertiary/aromatic N) is 4. The zero-order valence-corrected chi connectivity index (χ0v) is 20.0. The molecule has 1 aromatic heterocycles. The molecule has 178 valence electrons. The molecule has 2 aromatic carbocycles. The van der Waals surface area contributed by atoms with E-state index in [1.807, 2.05) is 42.5 Å². The molecule has 1 fully saturated rings. The van der Waals surface area contributed by atoms with Crippen molar-refractivity contribution < 1.29 is 14.2 Å². The fourth-order valence-corrected chi connectivity index (χ4v) is 4.71. The predicted molar refractivity (Wildman–Crippen MR) is 132 cm³/mol. The van der Waals surface area contributed by atoms with Crippen molar-refractivity contribution in [2.24, 2.45) is 0 Å². The Morgan fingerprint density at radius 1 is 0.853 bits per heavy atom. The first-order valence-electron chi connectivity index (χ1n) is 12.0. The van der Waals surface area contributed by atoms with E-state index < -0.39 is 0 Å². The van der Waals surface area contributed by atoms with Crippen LogP contribution < -0.4 is 19.1 Å². The fourth-order valence-electron chi connectivity index (χ4n) is 4.71. The number of anilines is 1. The van der Waals surface area contributed by atoms with Gasteiger partial charge in [0.05, 0.1) is 25.5 Å². The molecule has 0 bridgehead atoms. The molecule has 0 N–H and O–H groups in total. The number of hydrogen-bond acceptors (Lipinski definition) is 7. The van der Waals surface area contributed by atoms with Gasteiger partial charge in [0.1, 0.15) is 17.2 Å². The first-order valence-corrected chi connectivity index (χ1v) is 12.0. The van der Waals surface area contributed by atoms with Gasteiger partial charge in [-0.15, -0.1) is 0 Å². The molecule has 3 heterocycles. The van der Waals surface area contributed by atoms with E-state index in [9.17, 15) is 0 Å². The molecule has 0 atom stereocenters. The molecule has 0 spiro atoms. The number of aromatic nitrogens is 2. The van der Waals surface area contributed by atoms with Crippen LogP contribution in [0.4, 0.5) is 5.95 Å². The number of methoxy groups -OCH3 is 2. The van der Waals surface area contributed by atoms with Crippen molar-refractivity contribution in [3.8, 4) is 23.1 Å². The molecule has 0 radical (unpaired) electrons. The third-order valence-electron chi connectivity index (χ3n) is 6.57. The number of fused-ring (bicyclic) bond motifs is 1. The third kappa shape index (κ3) is 4.94. The van der Waals surface area contributed by atoms with Crippen LogP contribution in [0.3, 0.4) is 0 Å². The maximum absolute atomic E-state index is 6.34. The maximum Gasteiger partial charge on any atom is 0.228 e. The smallest absolute Gasteiger partial charge is 0.228 e. The van der Waals surface area contributed by atoms with Gasteiger partial charge >= 0.3 is 0 Å². The van der Waals surface area contributed by atoms with Gasteiger partial charge < -0.3 is 19.1 Å². The number of hydrogen-bond donors (Lipinski definition) is 0. The molecular weight excluding hydrogens is 428 g/mol. The second-order valence-electron chi connectivity index (χ2n) is 8.86. The molecule has 0 aliphatic carbocycles. The minimum atomic E-state index is 0.670. The first kappa shape index (κ1) is 22.5. The summed E-state index contributed by atoms with van der Waals surface area (Å²) in [7, 11) is 3.37. The van der Waals surface area contributed by atoms with Crippen LogP contribution in [0.1, 0.15) is 36.1 Å². The van der Waals surface area contributed by atoms with Crippen LogP contribution in [0.2, 0.25) is 0 Å². The summed E-state index contributed by atoms with van der Waals surface area (Å²) in [4.78, 5) is 14.6. The number of benzene rings is 2. The highest BCUT2D eigenvalue weighted by molar-refractivity contribution is 5.44. The summed E-state index contributed by atoms with van der Waals surface area (Å²) in [5.41, 5.74) is 3.30. The largest absolute Gasteiger partial charge is 0.497 e. The van der Waals surface area contributed by atoms with Crippen LogP contribution in [0.5, 0.6) is 23.1 Å². The van der Waals surface area contributed by atoms with E-state index in [4.69, 9.17) is 24.2 Å². The van der Waals surface area contributed by atoms with Gasteiger partial charge in [0, 0.05) is 50.8 Å². The Hall–Kier alpha value is -3.32. The fraction of sp³-hybridized carbons (Fsp3) is 0.407. The lowest BCUT2D eigenvalue weighted by Crippen LogP contribution is -2.34. The van der Waals surface area contributed by atoms with E-state index in [0.29, 0.717) is 5.88 Å². The summed E-state index contributed by atoms with van der Waals surface area (Å²) in [6.07, 6.45) is 4.51. The average molecular weight is 461 g/mol. The minimum absolute atomic E-state index is 0.670. The molecule has 3 aromatic rings. The van der Waals surface area contributed by atoms with Crippen molar-refractivity contribution in [3.63, 3.8) is 0 Å². The Labute approximate surface area is 201 Å². The normalized spacial score (nSPS) is 16.1. The lowest BCUT2D eigenvalue weighted by Gasteiger charge is -2.32. The van der Waals surface area contributed by atoms with E-state index in [1.54, 1.807) is 14.2 Å². The summed E-state index contributed by atoms with van der Waals surface area (Å²) in [6, 6.07) is 15.9. The van der Waals surface area contributed by atoms with Crippen molar-refractivity contribution in [2.75, 3.05) is 38.8 Å². The summed E-state index contributed by atoms with van der Waals surface area (Å²) in [5.74, 6) is 3.89. The molecule has 7 heteroatoms. The van der Waals surface area contributed by atoms with Gasteiger partial charge in [0.15, 0.2) is 0 Å². The Balaban J connectivity index is 1.43. The van der Waals surface area contributed by atoms with Gasteiger partial charge in [0.25, 0.3) is 0 Å². The van der Waals surface area contributed by atoms with Crippen LogP contribution in [-0.2, 0) is 19.5 Å². The standard InChI is InChI=1S/C27H32N4O3/c1-32-22-12-11-20(25(17-22)33-2)18-30-16-13-24-23(19-30)26(34-21-9-5-3-6-10-21)29-27(28-24)31-14-7-4-8-15-31/h3,5-6,9-12,17H,4,7-8,13-16,18-19H2,1-2H3. The molecule has 0 unspecified atom stereocenters. The van der Waals surface area contributed by atoms with E-state index in [2.05, 4.69) is 15.9 Å². The quantitative estimate of drug-likeness (QED) is 0.500. The highest BCUT2D eigenvalue weighted by Crippen LogP contribution is 2.33. The summed E-state index contributed by atoms with van der Waals surface area (Å²) < 4.78 is 17.3. The third-order valence-corrected chi connectivity index (χ3v) is 6.57. The van der Waals surface area contributed by atoms with E-state index in [0.717, 1.165) is 79.2 Å². The zero-order chi connectivity index (χ0) is 23.3. The van der Waals surface area contributed by atoms with E-state index in [-0.39, 0.29) is 0 Å². The van der Waals surface area contributed by atoms with Crippen LogP contribution >= 0.6 is 0 Å². The summed E-state index contributed by atoms with van der Waals surface area (Å²) in [6.45, 7) is 4.43. The van der Waals surface area contributed by atoms with E-state index in [1.165, 1.54) is 19.3 Å². The SMILES string of the molecule is COc1ccc(CN2CCc3nc(N4CCCCC4)nc(Oc4ccccc4)c3C2)c(OC)c1. The van der Waals surface area contributed by atoms with Gasteiger partial charge in [-0.05, 0) is 37.5 Å². The lowest BCUT2D eigenvalue weighted by atomic mass is 10.0. The van der Waals surface area contributed by atoms with Crippen LogP contribution in [-0.4, -0.2) is 48.7 Å². The summed E-state index contributed by atoms with van der Waals surface area (Å²) in [5, 5.41) is 0. The number of para-hydroxylation sites is 1. The molecule has 1 saturated heterocycles. The second kappa shape index (κ2) is 10.3. The van der Waals surface area contributed by atoms with Gasteiger partial charge in [0.2, 0.25) is 11.8 Å². The predicted octanol–water partition coefficient (Wildman–Crippen LogP) is 4.83. The lowest BCUT2D eigenvalue weighted by molar-refractivity contribution is 0.234. The molecule has 0 amide bonds.